The number of benzene rings is 1. The molecule has 0 unspecified atom stereocenters. The summed E-state index contributed by atoms with van der Waals surface area (Å²) in [5.41, 5.74) is 1.13. The van der Waals surface area contributed by atoms with Crippen LogP contribution in [0.15, 0.2) is 48.7 Å². The van der Waals surface area contributed by atoms with Gasteiger partial charge in [0.2, 0.25) is 11.8 Å². The van der Waals surface area contributed by atoms with Crippen molar-refractivity contribution in [2.75, 3.05) is 49.1 Å². The van der Waals surface area contributed by atoms with E-state index in [1.54, 1.807) is 28.9 Å². The molecule has 0 atom stereocenters. The first-order chi connectivity index (χ1) is 16.5. The van der Waals surface area contributed by atoms with Crippen molar-refractivity contribution in [3.8, 4) is 6.07 Å². The zero-order valence-electron chi connectivity index (χ0n) is 19.4. The van der Waals surface area contributed by atoms with Crippen molar-refractivity contribution in [1.29, 1.82) is 5.26 Å². The van der Waals surface area contributed by atoms with Crippen LogP contribution in [0.25, 0.3) is 0 Å². The van der Waals surface area contributed by atoms with Gasteiger partial charge in [-0.25, -0.2) is 9.78 Å². The van der Waals surface area contributed by atoms with Crippen molar-refractivity contribution in [3.05, 3.63) is 54.2 Å². The van der Waals surface area contributed by atoms with E-state index in [0.717, 1.165) is 11.5 Å². The molecule has 0 saturated carbocycles. The molecule has 0 N–H and O–H groups in total. The Hall–Kier alpha value is -3.93. The Kier molecular flexibility index (Phi) is 8.97. The molecule has 0 aliphatic carbocycles. The normalized spacial score (nSPS) is 13.2. The number of rotatable bonds is 9. The third-order valence-electron chi connectivity index (χ3n) is 5.58. The molecule has 1 saturated heterocycles. The first-order valence-electron chi connectivity index (χ1n) is 11.4. The van der Waals surface area contributed by atoms with Gasteiger partial charge >= 0.3 is 5.97 Å². The molecule has 1 aromatic carbocycles. The maximum absolute atomic E-state index is 12.8. The van der Waals surface area contributed by atoms with Crippen LogP contribution in [-0.4, -0.2) is 67.0 Å². The van der Waals surface area contributed by atoms with Gasteiger partial charge in [0.05, 0.1) is 24.7 Å². The summed E-state index contributed by atoms with van der Waals surface area (Å²) in [5.74, 6) is 0.113. The molecule has 2 amide bonds. The zero-order chi connectivity index (χ0) is 24.3. The number of nitriles is 1. The number of hydrogen-bond acceptors (Lipinski definition) is 7. The van der Waals surface area contributed by atoms with Crippen LogP contribution >= 0.6 is 0 Å². The van der Waals surface area contributed by atoms with E-state index < -0.39 is 5.97 Å². The fourth-order valence-corrected chi connectivity index (χ4v) is 3.77. The molecule has 2 heterocycles. The Balaban J connectivity index is 1.49. The molecule has 1 fully saturated rings. The van der Waals surface area contributed by atoms with E-state index in [0.29, 0.717) is 44.9 Å². The summed E-state index contributed by atoms with van der Waals surface area (Å²) in [5, 5.41) is 8.92. The molecule has 9 heteroatoms. The Morgan fingerprint density at radius 2 is 1.79 bits per heavy atom. The second-order valence-corrected chi connectivity index (χ2v) is 7.78. The van der Waals surface area contributed by atoms with Crippen LogP contribution in [0.1, 0.15) is 36.5 Å². The third kappa shape index (κ3) is 6.54. The summed E-state index contributed by atoms with van der Waals surface area (Å²) in [7, 11) is 0. The van der Waals surface area contributed by atoms with E-state index >= 15 is 0 Å². The molecular weight excluding hydrogens is 434 g/mol. The predicted molar refractivity (Wildman–Crippen MR) is 127 cm³/mol. The van der Waals surface area contributed by atoms with Crippen molar-refractivity contribution in [3.63, 3.8) is 0 Å². The van der Waals surface area contributed by atoms with Gasteiger partial charge in [-0.2, -0.15) is 5.26 Å². The molecule has 34 heavy (non-hydrogen) atoms. The number of hydrogen-bond donors (Lipinski definition) is 0. The van der Waals surface area contributed by atoms with E-state index in [9.17, 15) is 14.4 Å². The van der Waals surface area contributed by atoms with Gasteiger partial charge in [0, 0.05) is 57.4 Å². The average molecular weight is 464 g/mol. The summed E-state index contributed by atoms with van der Waals surface area (Å²) in [6, 6.07) is 14.7. The Morgan fingerprint density at radius 3 is 2.41 bits per heavy atom. The SMILES string of the molecule is CCOC(=O)c1ccc(N2CCN(C(=O)CCC(=O)N(CCC#N)c3ccccc3)CC2)nc1. The average Bonchev–Trinajstić information content (AvgIpc) is 2.88. The van der Waals surface area contributed by atoms with Crippen molar-refractivity contribution in [2.45, 2.75) is 26.2 Å². The first-order valence-corrected chi connectivity index (χ1v) is 11.4. The fraction of sp³-hybridized carbons (Fsp3) is 0.400. The number of piperazine rings is 1. The highest BCUT2D eigenvalue weighted by Gasteiger charge is 2.24. The summed E-state index contributed by atoms with van der Waals surface area (Å²) in [6.45, 7) is 4.66. The summed E-state index contributed by atoms with van der Waals surface area (Å²) in [6.07, 6.45) is 1.95. The number of esters is 1. The van der Waals surface area contributed by atoms with Crippen LogP contribution in [0.5, 0.6) is 0 Å². The summed E-state index contributed by atoms with van der Waals surface area (Å²) in [4.78, 5) is 47.0. The van der Waals surface area contributed by atoms with Gasteiger partial charge in [-0.1, -0.05) is 18.2 Å². The Bertz CT molecular complexity index is 1010. The standard InChI is InChI=1S/C25H29N5O4/c1-2-34-25(33)20-9-10-22(27-19-20)28-15-17-29(18-16-28)23(31)11-12-24(32)30(14-6-13-26)21-7-4-3-5-8-21/h3-5,7-10,19H,2,6,11-12,14-18H2,1H3. The van der Waals surface area contributed by atoms with Crippen molar-refractivity contribution in [2.24, 2.45) is 0 Å². The van der Waals surface area contributed by atoms with Gasteiger partial charge in [0.15, 0.2) is 0 Å². The van der Waals surface area contributed by atoms with E-state index in [2.05, 4.69) is 16.0 Å². The van der Waals surface area contributed by atoms with Crippen LogP contribution in [0.4, 0.5) is 11.5 Å². The van der Waals surface area contributed by atoms with Crippen LogP contribution in [0.3, 0.4) is 0 Å². The first kappa shape index (κ1) is 24.7. The largest absolute Gasteiger partial charge is 0.462 e. The monoisotopic (exact) mass is 463 g/mol. The topological polar surface area (TPSA) is 107 Å². The molecule has 0 spiro atoms. The number of pyridine rings is 1. The Labute approximate surface area is 199 Å². The number of aromatic nitrogens is 1. The third-order valence-corrected chi connectivity index (χ3v) is 5.58. The van der Waals surface area contributed by atoms with E-state index in [1.807, 2.05) is 30.3 Å². The van der Waals surface area contributed by atoms with Crippen molar-refractivity contribution >= 4 is 29.3 Å². The van der Waals surface area contributed by atoms with Crippen LogP contribution in [0, 0.1) is 11.3 Å². The molecule has 0 bridgehead atoms. The van der Waals surface area contributed by atoms with Crippen molar-refractivity contribution in [1.82, 2.24) is 9.88 Å². The van der Waals surface area contributed by atoms with Gasteiger partial charge in [0.1, 0.15) is 5.82 Å². The molecule has 3 rings (SSSR count). The van der Waals surface area contributed by atoms with E-state index in [4.69, 9.17) is 10.00 Å². The highest BCUT2D eigenvalue weighted by atomic mass is 16.5. The smallest absolute Gasteiger partial charge is 0.339 e. The molecule has 0 radical (unpaired) electrons. The number of ether oxygens (including phenoxy) is 1. The summed E-state index contributed by atoms with van der Waals surface area (Å²) < 4.78 is 4.97. The number of para-hydroxylation sites is 1. The van der Waals surface area contributed by atoms with Gasteiger partial charge < -0.3 is 19.4 Å². The van der Waals surface area contributed by atoms with Crippen molar-refractivity contribution < 1.29 is 19.1 Å². The van der Waals surface area contributed by atoms with Crippen LogP contribution in [-0.2, 0) is 14.3 Å². The maximum atomic E-state index is 12.8. The molecular formula is C25H29N5O4. The number of amides is 2. The van der Waals surface area contributed by atoms with Crippen LogP contribution < -0.4 is 9.80 Å². The van der Waals surface area contributed by atoms with Crippen LogP contribution in [0.2, 0.25) is 0 Å². The molecule has 1 aromatic heterocycles. The number of carbonyl (C=O) groups is 3. The lowest BCUT2D eigenvalue weighted by molar-refractivity contribution is -0.133. The summed E-state index contributed by atoms with van der Waals surface area (Å²) >= 11 is 0. The number of anilines is 2. The second-order valence-electron chi connectivity index (χ2n) is 7.78. The molecule has 2 aromatic rings. The lowest BCUT2D eigenvalue weighted by atomic mass is 10.2. The fourth-order valence-electron chi connectivity index (χ4n) is 3.77. The maximum Gasteiger partial charge on any atom is 0.339 e. The molecule has 178 valence electrons. The van der Waals surface area contributed by atoms with Gasteiger partial charge in [-0.15, -0.1) is 0 Å². The lowest BCUT2D eigenvalue weighted by Gasteiger charge is -2.35. The highest BCUT2D eigenvalue weighted by Crippen LogP contribution is 2.18. The van der Waals surface area contributed by atoms with E-state index in [1.165, 1.54) is 6.20 Å². The minimum Gasteiger partial charge on any atom is -0.462 e. The predicted octanol–water partition coefficient (Wildman–Crippen LogP) is 2.63. The quantitative estimate of drug-likeness (QED) is 0.526. The molecule has 1 aliphatic heterocycles. The molecule has 1 aliphatic rings. The van der Waals surface area contributed by atoms with E-state index in [-0.39, 0.29) is 31.1 Å². The number of carbonyl (C=O) groups excluding carboxylic acids is 3. The number of nitrogens with zero attached hydrogens (tertiary/aromatic N) is 5. The highest BCUT2D eigenvalue weighted by molar-refractivity contribution is 5.95. The lowest BCUT2D eigenvalue weighted by Crippen LogP contribution is -2.49. The second kappa shape index (κ2) is 12.3. The minimum atomic E-state index is -0.398. The van der Waals surface area contributed by atoms with Gasteiger partial charge in [-0.05, 0) is 31.2 Å². The zero-order valence-corrected chi connectivity index (χ0v) is 19.4. The minimum absolute atomic E-state index is 0.0630. The Morgan fingerprint density at radius 1 is 1.06 bits per heavy atom. The van der Waals surface area contributed by atoms with Gasteiger partial charge in [-0.3, -0.25) is 9.59 Å². The van der Waals surface area contributed by atoms with Gasteiger partial charge in [0.25, 0.3) is 0 Å². The molecule has 9 nitrogen and oxygen atoms in total.